The molecule has 0 aliphatic rings. The average Bonchev–Trinajstić information content (AvgIpc) is 2.32. The summed E-state index contributed by atoms with van der Waals surface area (Å²) in [6.07, 6.45) is 1.91. The molecule has 0 fully saturated rings. The number of rotatable bonds is 11. The number of methoxy groups -OCH3 is 1. The summed E-state index contributed by atoms with van der Waals surface area (Å²) in [6, 6.07) is 0. The quantitative estimate of drug-likeness (QED) is 0.534. The van der Waals surface area contributed by atoms with Crippen LogP contribution in [0.2, 0.25) is 0 Å². The van der Waals surface area contributed by atoms with Crippen LogP contribution in [0.3, 0.4) is 0 Å². The Morgan fingerprint density at radius 2 is 1.58 bits per heavy atom. The molecule has 0 aliphatic heterocycles. The Hall–Kier alpha value is -1.63. The van der Waals surface area contributed by atoms with Gasteiger partial charge in [0.05, 0.1) is 6.42 Å². The number of aliphatic carboxylic acids is 2. The molecule has 7 nitrogen and oxygen atoms in total. The fraction of sp³-hybridized carbons (Fsp3) is 0.750. The minimum Gasteiger partial charge on any atom is -0.481 e. The molecule has 19 heavy (non-hydrogen) atoms. The van der Waals surface area contributed by atoms with Gasteiger partial charge in [0, 0.05) is 26.6 Å². The zero-order chi connectivity index (χ0) is 14.7. The molecule has 0 unspecified atom stereocenters. The Bertz CT molecular complexity index is 305. The summed E-state index contributed by atoms with van der Waals surface area (Å²) in [5.41, 5.74) is 0. The number of nitrogens with zero attached hydrogens (tertiary/aromatic N) is 1. The van der Waals surface area contributed by atoms with Crippen molar-refractivity contribution in [1.29, 1.82) is 0 Å². The number of hydrogen-bond donors (Lipinski definition) is 2. The molecule has 0 heterocycles. The number of carboxylic acids is 2. The summed E-state index contributed by atoms with van der Waals surface area (Å²) in [5.74, 6) is -2.04. The van der Waals surface area contributed by atoms with Gasteiger partial charge in [-0.2, -0.15) is 0 Å². The van der Waals surface area contributed by atoms with Crippen molar-refractivity contribution in [2.75, 3.05) is 26.8 Å². The lowest BCUT2D eigenvalue weighted by molar-refractivity contribution is -0.140. The molecular weight excluding hydrogens is 254 g/mol. The highest BCUT2D eigenvalue weighted by Crippen LogP contribution is 2.03. The summed E-state index contributed by atoms with van der Waals surface area (Å²) >= 11 is 0. The first kappa shape index (κ1) is 17.4. The minimum atomic E-state index is -0.957. The molecule has 0 spiro atoms. The molecule has 1 amide bonds. The van der Waals surface area contributed by atoms with Crippen LogP contribution < -0.4 is 0 Å². The number of carbonyl (C=O) groups excluding carboxylic acids is 1. The maximum absolute atomic E-state index is 11.6. The van der Waals surface area contributed by atoms with Gasteiger partial charge in [-0.25, -0.2) is 0 Å². The van der Waals surface area contributed by atoms with E-state index in [0.29, 0.717) is 25.8 Å². The van der Waals surface area contributed by atoms with Crippen LogP contribution >= 0.6 is 0 Å². The van der Waals surface area contributed by atoms with E-state index in [1.165, 1.54) is 12.0 Å². The molecule has 0 saturated heterocycles. The normalized spacial score (nSPS) is 10.2. The van der Waals surface area contributed by atoms with E-state index in [1.54, 1.807) is 0 Å². The number of hydrogen-bond acceptors (Lipinski definition) is 4. The molecule has 0 aliphatic carbocycles. The number of unbranched alkanes of at least 4 members (excludes halogenated alkanes) is 2. The van der Waals surface area contributed by atoms with Gasteiger partial charge in [0.15, 0.2) is 0 Å². The van der Waals surface area contributed by atoms with Crippen molar-refractivity contribution in [3.05, 3.63) is 0 Å². The highest BCUT2D eigenvalue weighted by molar-refractivity contribution is 5.78. The summed E-state index contributed by atoms with van der Waals surface area (Å²) in [7, 11) is 1.40. The van der Waals surface area contributed by atoms with Gasteiger partial charge in [-0.1, -0.05) is 6.42 Å². The lowest BCUT2D eigenvalue weighted by Gasteiger charge is -2.21. The van der Waals surface area contributed by atoms with E-state index in [-0.39, 0.29) is 31.9 Å². The molecule has 7 heteroatoms. The summed E-state index contributed by atoms with van der Waals surface area (Å²) in [6.45, 7) is 0.500. The molecule has 0 radical (unpaired) electrons. The summed E-state index contributed by atoms with van der Waals surface area (Å²) in [5, 5.41) is 17.1. The first-order valence-electron chi connectivity index (χ1n) is 6.17. The van der Waals surface area contributed by atoms with Crippen LogP contribution in [0, 0.1) is 0 Å². The average molecular weight is 275 g/mol. The van der Waals surface area contributed by atoms with Crippen LogP contribution in [0.4, 0.5) is 0 Å². The topological polar surface area (TPSA) is 104 Å². The van der Waals surface area contributed by atoms with Gasteiger partial charge < -0.3 is 19.8 Å². The SMILES string of the molecule is COCC(=O)N(CCCCCC(=O)O)CCC(=O)O. The van der Waals surface area contributed by atoms with Crippen molar-refractivity contribution in [2.45, 2.75) is 32.1 Å². The van der Waals surface area contributed by atoms with E-state index >= 15 is 0 Å². The molecule has 0 aromatic heterocycles. The summed E-state index contributed by atoms with van der Waals surface area (Å²) in [4.78, 5) is 33.9. The second kappa shape index (κ2) is 10.3. The van der Waals surface area contributed by atoms with Gasteiger partial charge in [-0.15, -0.1) is 0 Å². The zero-order valence-electron chi connectivity index (χ0n) is 11.1. The van der Waals surface area contributed by atoms with Gasteiger partial charge in [0.1, 0.15) is 6.61 Å². The first-order chi connectivity index (χ1) is 8.97. The van der Waals surface area contributed by atoms with E-state index in [2.05, 4.69) is 0 Å². The van der Waals surface area contributed by atoms with Gasteiger partial charge in [-0.05, 0) is 12.8 Å². The van der Waals surface area contributed by atoms with Crippen LogP contribution in [0.1, 0.15) is 32.1 Å². The Labute approximate surface area is 112 Å². The number of carboxylic acid groups (broad SMARTS) is 2. The fourth-order valence-electron chi connectivity index (χ4n) is 1.56. The highest BCUT2D eigenvalue weighted by atomic mass is 16.5. The lowest BCUT2D eigenvalue weighted by Crippen LogP contribution is -2.36. The largest absolute Gasteiger partial charge is 0.481 e. The third-order valence-corrected chi connectivity index (χ3v) is 2.53. The smallest absolute Gasteiger partial charge is 0.305 e. The Morgan fingerprint density at radius 3 is 2.11 bits per heavy atom. The van der Waals surface area contributed by atoms with Gasteiger partial charge >= 0.3 is 11.9 Å². The first-order valence-corrected chi connectivity index (χ1v) is 6.17. The van der Waals surface area contributed by atoms with Crippen LogP contribution in [0.25, 0.3) is 0 Å². The number of ether oxygens (including phenoxy) is 1. The van der Waals surface area contributed by atoms with E-state index in [0.717, 1.165) is 0 Å². The van der Waals surface area contributed by atoms with Crippen LogP contribution in [0.5, 0.6) is 0 Å². The number of carbonyl (C=O) groups is 3. The van der Waals surface area contributed by atoms with E-state index in [4.69, 9.17) is 14.9 Å². The van der Waals surface area contributed by atoms with E-state index in [9.17, 15) is 14.4 Å². The molecular formula is C12H21NO6. The van der Waals surface area contributed by atoms with Crippen molar-refractivity contribution >= 4 is 17.8 Å². The third kappa shape index (κ3) is 10.0. The molecule has 0 aromatic carbocycles. The van der Waals surface area contributed by atoms with Gasteiger partial charge in [0.25, 0.3) is 0 Å². The van der Waals surface area contributed by atoms with Crippen molar-refractivity contribution < 1.29 is 29.3 Å². The maximum Gasteiger partial charge on any atom is 0.305 e. The molecule has 0 rings (SSSR count). The Kier molecular flexibility index (Phi) is 9.42. The number of amides is 1. The molecule has 110 valence electrons. The predicted octanol–water partition coefficient (Wildman–Crippen LogP) is 0.581. The van der Waals surface area contributed by atoms with E-state index in [1.807, 2.05) is 0 Å². The van der Waals surface area contributed by atoms with Crippen molar-refractivity contribution in [1.82, 2.24) is 4.90 Å². The van der Waals surface area contributed by atoms with Crippen LogP contribution in [-0.4, -0.2) is 59.8 Å². The molecule has 0 aromatic rings. The summed E-state index contributed by atoms with van der Waals surface area (Å²) < 4.78 is 4.73. The van der Waals surface area contributed by atoms with Crippen LogP contribution in [0.15, 0.2) is 0 Å². The predicted molar refractivity (Wildman–Crippen MR) is 66.8 cm³/mol. The van der Waals surface area contributed by atoms with Crippen molar-refractivity contribution in [2.24, 2.45) is 0 Å². The van der Waals surface area contributed by atoms with Gasteiger partial charge in [0.2, 0.25) is 5.91 Å². The lowest BCUT2D eigenvalue weighted by atomic mass is 10.2. The maximum atomic E-state index is 11.6. The van der Waals surface area contributed by atoms with E-state index < -0.39 is 11.9 Å². The molecule has 0 atom stereocenters. The Balaban J connectivity index is 4.00. The standard InChI is InChI=1S/C12H21NO6/c1-19-9-10(14)13(8-6-12(17)18)7-4-2-3-5-11(15)16/h2-9H2,1H3,(H,15,16)(H,17,18). The zero-order valence-corrected chi connectivity index (χ0v) is 11.1. The molecule has 0 bridgehead atoms. The third-order valence-electron chi connectivity index (χ3n) is 2.53. The van der Waals surface area contributed by atoms with Crippen molar-refractivity contribution in [3.63, 3.8) is 0 Å². The van der Waals surface area contributed by atoms with Crippen LogP contribution in [-0.2, 0) is 19.1 Å². The second-order valence-electron chi connectivity index (χ2n) is 4.16. The minimum absolute atomic E-state index is 0.0747. The highest BCUT2D eigenvalue weighted by Gasteiger charge is 2.14. The Morgan fingerprint density at radius 1 is 0.947 bits per heavy atom. The second-order valence-corrected chi connectivity index (χ2v) is 4.16. The van der Waals surface area contributed by atoms with Crippen molar-refractivity contribution in [3.8, 4) is 0 Å². The molecule has 2 N–H and O–H groups in total. The van der Waals surface area contributed by atoms with Gasteiger partial charge in [-0.3, -0.25) is 14.4 Å². The monoisotopic (exact) mass is 275 g/mol. The molecule has 0 saturated carbocycles. The fourth-order valence-corrected chi connectivity index (χ4v) is 1.56.